The zero-order valence-corrected chi connectivity index (χ0v) is 27.5. The number of aromatic nitrogens is 5. The largest absolute Gasteiger partial charge is 0.309 e. The Morgan fingerprint density at radius 2 is 0.922 bits per heavy atom. The second-order valence-electron chi connectivity index (χ2n) is 12.7. The molecule has 0 amide bonds. The van der Waals surface area contributed by atoms with Crippen LogP contribution in [0.2, 0.25) is 0 Å². The number of rotatable bonds is 5. The Balaban J connectivity index is 1.28. The van der Waals surface area contributed by atoms with Gasteiger partial charge in [0.25, 0.3) is 0 Å². The van der Waals surface area contributed by atoms with Gasteiger partial charge in [0.05, 0.1) is 16.6 Å². The molecule has 0 atom stereocenters. The van der Waals surface area contributed by atoms with E-state index in [4.69, 9.17) is 19.9 Å². The van der Waals surface area contributed by atoms with Gasteiger partial charge >= 0.3 is 0 Å². The Labute approximate surface area is 294 Å². The molecule has 5 nitrogen and oxygen atoms in total. The molecular formula is C46H29N5. The maximum absolute atomic E-state index is 5.05. The van der Waals surface area contributed by atoms with Crippen LogP contribution in [-0.4, -0.2) is 24.5 Å². The molecular weight excluding hydrogens is 623 g/mol. The van der Waals surface area contributed by atoms with Crippen LogP contribution in [0.25, 0.3) is 94.5 Å². The van der Waals surface area contributed by atoms with Gasteiger partial charge in [0.2, 0.25) is 0 Å². The summed E-state index contributed by atoms with van der Waals surface area (Å²) in [5.74, 6) is 1.90. The summed E-state index contributed by atoms with van der Waals surface area (Å²) < 4.78 is 2.39. The minimum absolute atomic E-state index is 0.622. The topological polar surface area (TPSA) is 56.5 Å². The van der Waals surface area contributed by atoms with Crippen molar-refractivity contribution >= 4 is 43.5 Å². The standard InChI is InChI=1S/C46H29N5/c1-4-15-30(16-5-1)44-48-45(31-17-6-2-7-18-31)50-46(49-44)33-20-14-19-32(27-33)42-38-29-47-39-25-12-10-23-35(39)37(38)28-41-43(42)36-24-11-13-26-40(36)51(41)34-21-8-3-9-22-34/h1-29H. The quantitative estimate of drug-likeness (QED) is 0.174. The Morgan fingerprint density at radius 1 is 0.373 bits per heavy atom. The molecule has 0 aliphatic carbocycles. The lowest BCUT2D eigenvalue weighted by molar-refractivity contribution is 1.07. The predicted molar refractivity (Wildman–Crippen MR) is 209 cm³/mol. The highest BCUT2D eigenvalue weighted by molar-refractivity contribution is 6.26. The molecule has 0 bridgehead atoms. The molecule has 10 aromatic rings. The van der Waals surface area contributed by atoms with Crippen molar-refractivity contribution in [3.05, 3.63) is 176 Å². The molecule has 0 fully saturated rings. The van der Waals surface area contributed by atoms with Gasteiger partial charge in [0.1, 0.15) is 0 Å². The van der Waals surface area contributed by atoms with Crippen LogP contribution in [-0.2, 0) is 0 Å². The normalized spacial score (nSPS) is 11.5. The molecule has 0 spiro atoms. The average molecular weight is 652 g/mol. The third-order valence-electron chi connectivity index (χ3n) is 9.65. The van der Waals surface area contributed by atoms with Gasteiger partial charge in [0.15, 0.2) is 17.5 Å². The highest BCUT2D eigenvalue weighted by atomic mass is 15.0. The third-order valence-corrected chi connectivity index (χ3v) is 9.65. The molecule has 0 N–H and O–H groups in total. The maximum atomic E-state index is 5.05. The molecule has 0 unspecified atom stereocenters. The summed E-state index contributed by atoms with van der Waals surface area (Å²) in [6.45, 7) is 0. The monoisotopic (exact) mass is 651 g/mol. The van der Waals surface area contributed by atoms with Crippen molar-refractivity contribution in [3.8, 4) is 51.0 Å². The molecule has 238 valence electrons. The van der Waals surface area contributed by atoms with Gasteiger partial charge in [0, 0.05) is 55.7 Å². The summed E-state index contributed by atoms with van der Waals surface area (Å²) in [7, 11) is 0. The van der Waals surface area contributed by atoms with E-state index in [1.165, 1.54) is 10.8 Å². The van der Waals surface area contributed by atoms with Crippen LogP contribution in [0.1, 0.15) is 0 Å². The van der Waals surface area contributed by atoms with Crippen molar-refractivity contribution in [1.82, 2.24) is 24.5 Å². The van der Waals surface area contributed by atoms with Crippen LogP contribution in [0.4, 0.5) is 0 Å². The number of nitrogens with zero attached hydrogens (tertiary/aromatic N) is 5. The van der Waals surface area contributed by atoms with E-state index < -0.39 is 0 Å². The molecule has 10 rings (SSSR count). The molecule has 0 saturated heterocycles. The second-order valence-corrected chi connectivity index (χ2v) is 12.7. The Kier molecular flexibility index (Phi) is 6.74. The van der Waals surface area contributed by atoms with E-state index in [0.717, 1.165) is 66.2 Å². The highest BCUT2D eigenvalue weighted by Crippen LogP contribution is 2.44. The summed E-state index contributed by atoms with van der Waals surface area (Å²) >= 11 is 0. The molecule has 5 heteroatoms. The minimum Gasteiger partial charge on any atom is -0.309 e. The van der Waals surface area contributed by atoms with Gasteiger partial charge in [-0.3, -0.25) is 4.98 Å². The number of fused-ring (bicyclic) bond motifs is 6. The third kappa shape index (κ3) is 4.86. The van der Waals surface area contributed by atoms with Crippen LogP contribution in [0.5, 0.6) is 0 Å². The minimum atomic E-state index is 0.622. The van der Waals surface area contributed by atoms with Gasteiger partial charge in [-0.05, 0) is 47.3 Å². The zero-order chi connectivity index (χ0) is 33.7. The number of benzene rings is 7. The highest BCUT2D eigenvalue weighted by Gasteiger charge is 2.21. The smallest absolute Gasteiger partial charge is 0.164 e. The van der Waals surface area contributed by atoms with E-state index >= 15 is 0 Å². The van der Waals surface area contributed by atoms with Gasteiger partial charge in [-0.15, -0.1) is 0 Å². The lowest BCUT2D eigenvalue weighted by Crippen LogP contribution is -2.00. The van der Waals surface area contributed by atoms with E-state index in [-0.39, 0.29) is 0 Å². The van der Waals surface area contributed by atoms with Crippen molar-refractivity contribution in [3.63, 3.8) is 0 Å². The van der Waals surface area contributed by atoms with E-state index in [2.05, 4.69) is 108 Å². The molecule has 7 aromatic carbocycles. The van der Waals surface area contributed by atoms with E-state index in [0.29, 0.717) is 17.5 Å². The number of para-hydroxylation sites is 3. The number of hydrogen-bond acceptors (Lipinski definition) is 4. The predicted octanol–water partition coefficient (Wildman–Crippen LogP) is 11.3. The Hall–Kier alpha value is -6.98. The molecule has 0 aliphatic heterocycles. The van der Waals surface area contributed by atoms with Crippen molar-refractivity contribution in [2.24, 2.45) is 0 Å². The van der Waals surface area contributed by atoms with Crippen molar-refractivity contribution < 1.29 is 0 Å². The van der Waals surface area contributed by atoms with Crippen LogP contribution in [0.3, 0.4) is 0 Å². The van der Waals surface area contributed by atoms with E-state index in [1.54, 1.807) is 0 Å². The molecule has 0 saturated carbocycles. The summed E-state index contributed by atoms with van der Waals surface area (Å²) in [6, 6.07) is 58.9. The summed E-state index contributed by atoms with van der Waals surface area (Å²) in [5.41, 5.74) is 9.38. The SMILES string of the molecule is c1ccc(-c2nc(-c3ccccc3)nc(-c3cccc(-c4c5cnc6ccccc6c5cc5c4c4ccccc4n5-c4ccccc4)c3)n2)cc1. The molecule has 0 aliphatic rings. The lowest BCUT2D eigenvalue weighted by atomic mass is 9.92. The molecule has 0 radical (unpaired) electrons. The summed E-state index contributed by atoms with van der Waals surface area (Å²) in [6.07, 6.45) is 2.04. The van der Waals surface area contributed by atoms with Crippen LogP contribution in [0.15, 0.2) is 176 Å². The Morgan fingerprint density at radius 3 is 1.63 bits per heavy atom. The van der Waals surface area contributed by atoms with Gasteiger partial charge in [-0.1, -0.05) is 133 Å². The summed E-state index contributed by atoms with van der Waals surface area (Å²) in [5, 5.41) is 5.74. The average Bonchev–Trinajstić information content (AvgIpc) is 3.54. The molecule has 3 heterocycles. The summed E-state index contributed by atoms with van der Waals surface area (Å²) in [4.78, 5) is 20.0. The fraction of sp³-hybridized carbons (Fsp3) is 0. The van der Waals surface area contributed by atoms with Crippen LogP contribution in [0, 0.1) is 0 Å². The first-order chi connectivity index (χ1) is 25.3. The van der Waals surface area contributed by atoms with Gasteiger partial charge in [-0.25, -0.2) is 15.0 Å². The fourth-order valence-electron chi connectivity index (χ4n) is 7.35. The molecule has 3 aromatic heterocycles. The lowest BCUT2D eigenvalue weighted by Gasteiger charge is -2.15. The fourth-order valence-corrected chi connectivity index (χ4v) is 7.35. The van der Waals surface area contributed by atoms with E-state index in [1.807, 2.05) is 72.9 Å². The first-order valence-electron chi connectivity index (χ1n) is 17.1. The van der Waals surface area contributed by atoms with Gasteiger partial charge in [-0.2, -0.15) is 0 Å². The van der Waals surface area contributed by atoms with Crippen molar-refractivity contribution in [1.29, 1.82) is 0 Å². The van der Waals surface area contributed by atoms with Crippen LogP contribution < -0.4 is 0 Å². The first kappa shape index (κ1) is 29.0. The zero-order valence-electron chi connectivity index (χ0n) is 27.5. The number of hydrogen-bond donors (Lipinski definition) is 0. The molecule has 51 heavy (non-hydrogen) atoms. The number of pyridine rings is 1. The Bertz CT molecular complexity index is 2840. The second kappa shape index (κ2) is 11.9. The van der Waals surface area contributed by atoms with E-state index in [9.17, 15) is 0 Å². The maximum Gasteiger partial charge on any atom is 0.164 e. The van der Waals surface area contributed by atoms with Crippen LogP contribution >= 0.6 is 0 Å². The van der Waals surface area contributed by atoms with Crippen molar-refractivity contribution in [2.45, 2.75) is 0 Å². The van der Waals surface area contributed by atoms with Gasteiger partial charge < -0.3 is 4.57 Å². The first-order valence-corrected chi connectivity index (χ1v) is 17.1. The van der Waals surface area contributed by atoms with Crippen molar-refractivity contribution in [2.75, 3.05) is 0 Å².